The minimum atomic E-state index is -0.483. The largest absolute Gasteiger partial charge is 0.481 e. The van der Waals surface area contributed by atoms with E-state index in [4.69, 9.17) is 4.74 Å². The lowest BCUT2D eigenvalue weighted by Crippen LogP contribution is -2.49. The molecule has 1 heterocycles. The molecule has 0 bridgehead atoms. The molecule has 0 radical (unpaired) electrons. The van der Waals surface area contributed by atoms with Crippen LogP contribution >= 0.6 is 0 Å². The van der Waals surface area contributed by atoms with Crippen LogP contribution in [0.3, 0.4) is 0 Å². The van der Waals surface area contributed by atoms with Gasteiger partial charge in [-0.15, -0.1) is 0 Å². The fraction of sp³-hybridized carbons (Fsp3) is 0.611. The average Bonchev–Trinajstić information content (AvgIpc) is 2.50. The Labute approximate surface area is 133 Å². The van der Waals surface area contributed by atoms with E-state index in [1.807, 2.05) is 19.9 Å². The summed E-state index contributed by atoms with van der Waals surface area (Å²) < 4.78 is 5.91. The second-order valence-electron chi connectivity index (χ2n) is 6.49. The molecule has 0 spiro atoms. The van der Waals surface area contributed by atoms with Crippen LogP contribution in [0.1, 0.15) is 50.7 Å². The van der Waals surface area contributed by atoms with Gasteiger partial charge in [0.15, 0.2) is 6.10 Å². The molecule has 0 aliphatic carbocycles. The van der Waals surface area contributed by atoms with Crippen molar-refractivity contribution in [1.29, 1.82) is 0 Å². The SMILES string of the molecule is Cc1ccc(C(C)C)cc1OC(C)C(=O)NC1CCCNC1. The zero-order valence-electron chi connectivity index (χ0n) is 14.1. The van der Waals surface area contributed by atoms with E-state index >= 15 is 0 Å². The van der Waals surface area contributed by atoms with Crippen molar-refractivity contribution >= 4 is 5.91 Å². The molecule has 1 amide bonds. The topological polar surface area (TPSA) is 50.4 Å². The van der Waals surface area contributed by atoms with E-state index in [2.05, 4.69) is 36.6 Å². The van der Waals surface area contributed by atoms with Gasteiger partial charge in [0.25, 0.3) is 5.91 Å². The van der Waals surface area contributed by atoms with Gasteiger partial charge in [0.1, 0.15) is 5.75 Å². The number of carbonyl (C=O) groups is 1. The Morgan fingerprint density at radius 1 is 1.36 bits per heavy atom. The molecule has 1 aromatic carbocycles. The number of aryl methyl sites for hydroxylation is 1. The van der Waals surface area contributed by atoms with Gasteiger partial charge < -0.3 is 15.4 Å². The number of hydrogen-bond acceptors (Lipinski definition) is 3. The maximum absolute atomic E-state index is 12.3. The molecule has 2 N–H and O–H groups in total. The van der Waals surface area contributed by atoms with Crippen molar-refractivity contribution in [2.75, 3.05) is 13.1 Å². The van der Waals surface area contributed by atoms with Crippen LogP contribution in [0, 0.1) is 6.92 Å². The summed E-state index contributed by atoms with van der Waals surface area (Å²) in [5.74, 6) is 1.21. The lowest BCUT2D eigenvalue weighted by Gasteiger charge is -2.25. The number of ether oxygens (including phenoxy) is 1. The molecule has 2 unspecified atom stereocenters. The summed E-state index contributed by atoms with van der Waals surface area (Å²) in [6, 6.07) is 6.44. The van der Waals surface area contributed by atoms with E-state index in [1.54, 1.807) is 0 Å². The van der Waals surface area contributed by atoms with Crippen LogP contribution in [0.5, 0.6) is 5.75 Å². The molecule has 1 aliphatic heterocycles. The summed E-state index contributed by atoms with van der Waals surface area (Å²) in [5, 5.41) is 6.37. The predicted octanol–water partition coefficient (Wildman–Crippen LogP) is 2.75. The Morgan fingerprint density at radius 2 is 2.14 bits per heavy atom. The van der Waals surface area contributed by atoms with E-state index in [-0.39, 0.29) is 11.9 Å². The Morgan fingerprint density at radius 3 is 2.77 bits per heavy atom. The van der Waals surface area contributed by atoms with E-state index in [0.29, 0.717) is 5.92 Å². The molecule has 1 aliphatic rings. The van der Waals surface area contributed by atoms with Crippen molar-refractivity contribution in [1.82, 2.24) is 10.6 Å². The third-order valence-electron chi connectivity index (χ3n) is 4.20. The fourth-order valence-corrected chi connectivity index (χ4v) is 2.64. The smallest absolute Gasteiger partial charge is 0.261 e. The highest BCUT2D eigenvalue weighted by Gasteiger charge is 2.21. The van der Waals surface area contributed by atoms with Gasteiger partial charge in [0.05, 0.1) is 0 Å². The van der Waals surface area contributed by atoms with E-state index in [0.717, 1.165) is 37.2 Å². The first-order chi connectivity index (χ1) is 10.5. The number of hydrogen-bond donors (Lipinski definition) is 2. The first-order valence-electron chi connectivity index (χ1n) is 8.25. The Kier molecular flexibility index (Phi) is 5.83. The molecule has 1 saturated heterocycles. The number of benzene rings is 1. The van der Waals surface area contributed by atoms with E-state index < -0.39 is 6.10 Å². The van der Waals surface area contributed by atoms with Crippen LogP contribution in [0.15, 0.2) is 18.2 Å². The molecule has 2 atom stereocenters. The molecule has 0 saturated carbocycles. The second-order valence-corrected chi connectivity index (χ2v) is 6.49. The molecule has 22 heavy (non-hydrogen) atoms. The quantitative estimate of drug-likeness (QED) is 0.879. The highest BCUT2D eigenvalue weighted by molar-refractivity contribution is 5.81. The normalized spacial score (nSPS) is 19.8. The molecule has 1 aromatic rings. The van der Waals surface area contributed by atoms with E-state index in [1.165, 1.54) is 5.56 Å². The van der Waals surface area contributed by atoms with Crippen LogP contribution in [0.25, 0.3) is 0 Å². The van der Waals surface area contributed by atoms with Gasteiger partial charge in [-0.2, -0.15) is 0 Å². The summed E-state index contributed by atoms with van der Waals surface area (Å²) in [6.07, 6.45) is 1.66. The first-order valence-corrected chi connectivity index (χ1v) is 8.25. The lowest BCUT2D eigenvalue weighted by atomic mass is 10.0. The molecule has 2 rings (SSSR count). The molecule has 122 valence electrons. The minimum absolute atomic E-state index is 0.0388. The highest BCUT2D eigenvalue weighted by Crippen LogP contribution is 2.25. The summed E-state index contributed by atoms with van der Waals surface area (Å²) in [7, 11) is 0. The summed E-state index contributed by atoms with van der Waals surface area (Å²) >= 11 is 0. The molecule has 1 fully saturated rings. The molecule has 4 heteroatoms. The minimum Gasteiger partial charge on any atom is -0.481 e. The maximum Gasteiger partial charge on any atom is 0.261 e. The standard InChI is InChI=1S/C18H28N2O2/c1-12(2)15-8-7-13(3)17(10-15)22-14(4)18(21)20-16-6-5-9-19-11-16/h7-8,10,12,14,16,19H,5-6,9,11H2,1-4H3,(H,20,21). The average molecular weight is 304 g/mol. The predicted molar refractivity (Wildman–Crippen MR) is 89.4 cm³/mol. The molecule has 0 aromatic heterocycles. The van der Waals surface area contributed by atoms with Gasteiger partial charge in [-0.1, -0.05) is 26.0 Å². The Hall–Kier alpha value is -1.55. The number of amides is 1. The van der Waals surface area contributed by atoms with Crippen molar-refractivity contribution in [2.45, 2.75) is 58.6 Å². The summed E-state index contributed by atoms with van der Waals surface area (Å²) in [5.41, 5.74) is 2.29. The second kappa shape index (κ2) is 7.63. The maximum atomic E-state index is 12.3. The van der Waals surface area contributed by atoms with Crippen LogP contribution in [0.4, 0.5) is 0 Å². The van der Waals surface area contributed by atoms with Crippen molar-refractivity contribution in [3.8, 4) is 5.75 Å². The van der Waals surface area contributed by atoms with Gasteiger partial charge in [-0.05, 0) is 56.3 Å². The zero-order chi connectivity index (χ0) is 16.1. The van der Waals surface area contributed by atoms with E-state index in [9.17, 15) is 4.79 Å². The van der Waals surface area contributed by atoms with Gasteiger partial charge in [-0.25, -0.2) is 0 Å². The van der Waals surface area contributed by atoms with Gasteiger partial charge in [0, 0.05) is 12.6 Å². The Balaban J connectivity index is 1.96. The number of rotatable bonds is 5. The van der Waals surface area contributed by atoms with Crippen molar-refractivity contribution in [2.24, 2.45) is 0 Å². The van der Waals surface area contributed by atoms with Crippen LogP contribution in [0.2, 0.25) is 0 Å². The molecular weight excluding hydrogens is 276 g/mol. The van der Waals surface area contributed by atoms with Crippen LogP contribution in [-0.2, 0) is 4.79 Å². The van der Waals surface area contributed by atoms with Crippen molar-refractivity contribution < 1.29 is 9.53 Å². The Bertz CT molecular complexity index is 508. The van der Waals surface area contributed by atoms with Gasteiger partial charge in [0.2, 0.25) is 0 Å². The summed E-state index contributed by atoms with van der Waals surface area (Å²) in [4.78, 5) is 12.3. The number of piperidine rings is 1. The van der Waals surface area contributed by atoms with Crippen molar-refractivity contribution in [3.05, 3.63) is 29.3 Å². The highest BCUT2D eigenvalue weighted by atomic mass is 16.5. The fourth-order valence-electron chi connectivity index (χ4n) is 2.64. The zero-order valence-corrected chi connectivity index (χ0v) is 14.1. The lowest BCUT2D eigenvalue weighted by molar-refractivity contribution is -0.128. The molecular formula is C18H28N2O2. The first kappa shape index (κ1) is 16.8. The van der Waals surface area contributed by atoms with Crippen molar-refractivity contribution in [3.63, 3.8) is 0 Å². The third-order valence-corrected chi connectivity index (χ3v) is 4.20. The number of nitrogens with one attached hydrogen (secondary N) is 2. The molecule has 4 nitrogen and oxygen atoms in total. The number of carbonyl (C=O) groups excluding carboxylic acids is 1. The van der Waals surface area contributed by atoms with Gasteiger partial charge >= 0.3 is 0 Å². The van der Waals surface area contributed by atoms with Crippen LogP contribution < -0.4 is 15.4 Å². The summed E-state index contributed by atoms with van der Waals surface area (Å²) in [6.45, 7) is 10.0. The van der Waals surface area contributed by atoms with Gasteiger partial charge in [-0.3, -0.25) is 4.79 Å². The van der Waals surface area contributed by atoms with Crippen LogP contribution in [-0.4, -0.2) is 31.1 Å². The monoisotopic (exact) mass is 304 g/mol. The third kappa shape index (κ3) is 4.47.